The zero-order valence-electron chi connectivity index (χ0n) is 13.0. The molecule has 1 amide bonds. The van der Waals surface area contributed by atoms with Crippen LogP contribution in [-0.2, 0) is 14.3 Å². The van der Waals surface area contributed by atoms with Crippen molar-refractivity contribution in [2.45, 2.75) is 0 Å². The van der Waals surface area contributed by atoms with Gasteiger partial charge < -0.3 is 19.5 Å². The van der Waals surface area contributed by atoms with E-state index in [9.17, 15) is 9.59 Å². The molecule has 1 aliphatic heterocycles. The number of carbonyl (C=O) groups is 2. The average molecular weight is 404 g/mol. The number of benzene rings is 2. The van der Waals surface area contributed by atoms with E-state index >= 15 is 0 Å². The van der Waals surface area contributed by atoms with E-state index in [1.807, 2.05) is 6.07 Å². The third kappa shape index (κ3) is 4.60. The Bertz CT molecular complexity index is 834. The average Bonchev–Trinajstić information content (AvgIpc) is 3.08. The van der Waals surface area contributed by atoms with Crippen LogP contribution in [0.15, 0.2) is 53.0 Å². The van der Waals surface area contributed by atoms with Gasteiger partial charge in [-0.2, -0.15) is 0 Å². The van der Waals surface area contributed by atoms with Crippen molar-refractivity contribution in [1.29, 1.82) is 0 Å². The first-order valence-corrected chi connectivity index (χ1v) is 8.20. The number of ether oxygens (including phenoxy) is 3. The summed E-state index contributed by atoms with van der Waals surface area (Å²) in [5, 5.41) is 2.65. The molecule has 1 aliphatic rings. The van der Waals surface area contributed by atoms with Gasteiger partial charge in [0, 0.05) is 10.5 Å². The Morgan fingerprint density at radius 3 is 2.80 bits per heavy atom. The third-order valence-electron chi connectivity index (χ3n) is 3.30. The molecule has 2 aromatic carbocycles. The van der Waals surface area contributed by atoms with Gasteiger partial charge in [-0.25, -0.2) is 4.79 Å². The number of rotatable bonds is 5. The number of hydrogen-bond donors (Lipinski definition) is 1. The maximum Gasteiger partial charge on any atom is 0.331 e. The molecule has 0 aromatic heterocycles. The van der Waals surface area contributed by atoms with Crippen LogP contribution < -0.4 is 14.8 Å². The molecule has 0 unspecified atom stereocenters. The summed E-state index contributed by atoms with van der Waals surface area (Å²) in [5.41, 5.74) is 1.37. The van der Waals surface area contributed by atoms with E-state index in [0.29, 0.717) is 17.2 Å². The molecular weight excluding hydrogens is 390 g/mol. The van der Waals surface area contributed by atoms with Crippen LogP contribution in [0.5, 0.6) is 11.5 Å². The van der Waals surface area contributed by atoms with E-state index in [-0.39, 0.29) is 13.4 Å². The van der Waals surface area contributed by atoms with Gasteiger partial charge in [0.1, 0.15) is 0 Å². The fourth-order valence-corrected chi connectivity index (χ4v) is 2.50. The van der Waals surface area contributed by atoms with Crippen LogP contribution in [0.1, 0.15) is 5.56 Å². The standard InChI is InChI=1S/C18H14BrNO5/c19-13-3-1-2-4-14(13)20-17(21)10-23-18(22)8-6-12-5-7-15-16(9-12)25-11-24-15/h1-9H,10-11H2,(H,20,21)/b8-6+. The summed E-state index contributed by atoms with van der Waals surface area (Å²) < 4.78 is 16.1. The van der Waals surface area contributed by atoms with Crippen molar-refractivity contribution in [2.24, 2.45) is 0 Å². The molecule has 1 N–H and O–H groups in total. The SMILES string of the molecule is O=C(COC(=O)/C=C/c1ccc2c(c1)OCO2)Nc1ccccc1Br. The highest BCUT2D eigenvalue weighted by atomic mass is 79.9. The smallest absolute Gasteiger partial charge is 0.331 e. The predicted octanol–water partition coefficient (Wildman–Crippen LogP) is 3.37. The Morgan fingerprint density at radius 2 is 1.96 bits per heavy atom. The summed E-state index contributed by atoms with van der Waals surface area (Å²) in [7, 11) is 0. The van der Waals surface area contributed by atoms with Crippen molar-refractivity contribution in [3.05, 3.63) is 58.6 Å². The highest BCUT2D eigenvalue weighted by Crippen LogP contribution is 2.32. The lowest BCUT2D eigenvalue weighted by molar-refractivity contribution is -0.142. The van der Waals surface area contributed by atoms with Gasteiger partial charge in [-0.1, -0.05) is 18.2 Å². The molecule has 0 atom stereocenters. The van der Waals surface area contributed by atoms with Crippen LogP contribution in [0, 0.1) is 0 Å². The molecule has 0 saturated heterocycles. The summed E-state index contributed by atoms with van der Waals surface area (Å²) in [5.74, 6) is 0.267. The Kier molecular flexibility index (Phi) is 5.35. The van der Waals surface area contributed by atoms with Gasteiger partial charge >= 0.3 is 5.97 Å². The first-order chi connectivity index (χ1) is 12.1. The second-order valence-corrected chi connectivity index (χ2v) is 5.94. The number of anilines is 1. The van der Waals surface area contributed by atoms with Crippen molar-refractivity contribution >= 4 is 39.6 Å². The molecule has 6 nitrogen and oxygen atoms in total. The second kappa shape index (κ2) is 7.85. The van der Waals surface area contributed by atoms with Crippen molar-refractivity contribution in [3.63, 3.8) is 0 Å². The Morgan fingerprint density at radius 1 is 1.16 bits per heavy atom. The van der Waals surface area contributed by atoms with Gasteiger partial charge in [0.2, 0.25) is 6.79 Å². The summed E-state index contributed by atoms with van der Waals surface area (Å²) in [6.45, 7) is -0.178. The van der Waals surface area contributed by atoms with Crippen molar-refractivity contribution < 1.29 is 23.8 Å². The summed E-state index contributed by atoms with van der Waals surface area (Å²) in [4.78, 5) is 23.5. The van der Waals surface area contributed by atoms with E-state index in [2.05, 4.69) is 21.2 Å². The van der Waals surface area contributed by atoms with E-state index in [1.165, 1.54) is 6.08 Å². The van der Waals surface area contributed by atoms with E-state index in [1.54, 1.807) is 42.5 Å². The minimum atomic E-state index is -0.611. The monoisotopic (exact) mass is 403 g/mol. The lowest BCUT2D eigenvalue weighted by atomic mass is 10.2. The maximum atomic E-state index is 11.8. The quantitative estimate of drug-likeness (QED) is 0.611. The number of carbonyl (C=O) groups excluding carboxylic acids is 2. The van der Waals surface area contributed by atoms with E-state index < -0.39 is 11.9 Å². The lowest BCUT2D eigenvalue weighted by Gasteiger charge is -2.07. The second-order valence-electron chi connectivity index (χ2n) is 5.08. The minimum Gasteiger partial charge on any atom is -0.454 e. The van der Waals surface area contributed by atoms with Gasteiger partial charge in [0.25, 0.3) is 5.91 Å². The fourth-order valence-electron chi connectivity index (χ4n) is 2.11. The molecule has 3 rings (SSSR count). The highest BCUT2D eigenvalue weighted by Gasteiger charge is 2.12. The van der Waals surface area contributed by atoms with Crippen LogP contribution in [0.2, 0.25) is 0 Å². The van der Waals surface area contributed by atoms with Crippen molar-refractivity contribution in [1.82, 2.24) is 0 Å². The summed E-state index contributed by atoms with van der Waals surface area (Å²) in [6.07, 6.45) is 2.83. The molecule has 0 radical (unpaired) electrons. The minimum absolute atomic E-state index is 0.192. The van der Waals surface area contributed by atoms with Crippen molar-refractivity contribution in [2.75, 3.05) is 18.7 Å². The molecule has 2 aromatic rings. The van der Waals surface area contributed by atoms with E-state index in [0.717, 1.165) is 10.0 Å². The van der Waals surface area contributed by atoms with Crippen LogP contribution in [0.4, 0.5) is 5.69 Å². The van der Waals surface area contributed by atoms with Gasteiger partial charge in [-0.05, 0) is 51.8 Å². The topological polar surface area (TPSA) is 73.9 Å². The number of amides is 1. The molecule has 0 bridgehead atoms. The molecular formula is C18H14BrNO5. The normalized spacial score (nSPS) is 12.2. The molecule has 1 heterocycles. The first-order valence-electron chi connectivity index (χ1n) is 7.41. The van der Waals surface area contributed by atoms with Gasteiger partial charge in [-0.15, -0.1) is 0 Å². The largest absolute Gasteiger partial charge is 0.454 e. The van der Waals surface area contributed by atoms with Crippen LogP contribution in [0.3, 0.4) is 0 Å². The number of halogens is 1. The zero-order chi connectivity index (χ0) is 17.6. The van der Waals surface area contributed by atoms with Crippen molar-refractivity contribution in [3.8, 4) is 11.5 Å². The van der Waals surface area contributed by atoms with Gasteiger partial charge in [0.15, 0.2) is 18.1 Å². The zero-order valence-corrected chi connectivity index (χ0v) is 14.6. The summed E-state index contributed by atoms with van der Waals surface area (Å²) in [6, 6.07) is 12.5. The molecule has 128 valence electrons. The molecule has 7 heteroatoms. The van der Waals surface area contributed by atoms with Crippen LogP contribution >= 0.6 is 15.9 Å². The molecule has 0 saturated carbocycles. The molecule has 0 fully saturated rings. The Labute approximate surface area is 152 Å². The number of hydrogen-bond acceptors (Lipinski definition) is 5. The number of esters is 1. The fraction of sp³-hybridized carbons (Fsp3) is 0.111. The number of nitrogens with one attached hydrogen (secondary N) is 1. The molecule has 25 heavy (non-hydrogen) atoms. The van der Waals surface area contributed by atoms with Gasteiger partial charge in [0.05, 0.1) is 5.69 Å². The highest BCUT2D eigenvalue weighted by molar-refractivity contribution is 9.10. The first kappa shape index (κ1) is 17.0. The number of fused-ring (bicyclic) bond motifs is 1. The Balaban J connectivity index is 1.49. The lowest BCUT2D eigenvalue weighted by Crippen LogP contribution is -2.20. The van der Waals surface area contributed by atoms with E-state index in [4.69, 9.17) is 14.2 Å². The Hall–Kier alpha value is -2.80. The maximum absolute atomic E-state index is 11.8. The third-order valence-corrected chi connectivity index (χ3v) is 3.99. The predicted molar refractivity (Wildman–Crippen MR) is 95.3 cm³/mol. The van der Waals surface area contributed by atoms with Crippen LogP contribution in [0.25, 0.3) is 6.08 Å². The molecule has 0 aliphatic carbocycles. The molecule has 0 spiro atoms. The van der Waals surface area contributed by atoms with Crippen LogP contribution in [-0.4, -0.2) is 25.3 Å². The van der Waals surface area contributed by atoms with Gasteiger partial charge in [-0.3, -0.25) is 4.79 Å². The number of para-hydroxylation sites is 1. The summed E-state index contributed by atoms with van der Waals surface area (Å²) >= 11 is 3.32.